The van der Waals surface area contributed by atoms with E-state index in [1.807, 2.05) is 0 Å². The summed E-state index contributed by atoms with van der Waals surface area (Å²) < 4.78 is 63.9. The molecule has 0 bridgehead atoms. The maximum atomic E-state index is 12.9. The second kappa shape index (κ2) is 9.70. The fourth-order valence-electron chi connectivity index (χ4n) is 2.82. The lowest BCUT2D eigenvalue weighted by Crippen LogP contribution is -2.12. The van der Waals surface area contributed by atoms with Gasteiger partial charge in [0, 0.05) is 30.6 Å². The number of aromatic nitrogens is 2. The van der Waals surface area contributed by atoms with Crippen molar-refractivity contribution in [2.75, 3.05) is 16.8 Å². The zero-order valence-electron chi connectivity index (χ0n) is 16.8. The van der Waals surface area contributed by atoms with E-state index in [4.69, 9.17) is 0 Å². The summed E-state index contributed by atoms with van der Waals surface area (Å²) in [5.74, 6) is -0.730. The first-order valence-corrected chi connectivity index (χ1v) is 11.9. The quantitative estimate of drug-likeness (QED) is 0.493. The SMILES string of the molecule is CC(=O)Nc1c(-c2ccccn2)ccnc1SCCS(=O)(=O)c1cccc(C(F)(F)F)c1. The Morgan fingerprint density at radius 1 is 1.06 bits per heavy atom. The van der Waals surface area contributed by atoms with Crippen molar-refractivity contribution >= 4 is 33.2 Å². The number of nitrogens with one attached hydrogen (secondary N) is 1. The number of carbonyl (C=O) groups excluding carboxylic acids is 1. The van der Waals surface area contributed by atoms with E-state index in [2.05, 4.69) is 15.3 Å². The molecule has 0 saturated carbocycles. The topological polar surface area (TPSA) is 89.0 Å². The molecule has 168 valence electrons. The van der Waals surface area contributed by atoms with Crippen LogP contribution < -0.4 is 5.32 Å². The molecule has 0 spiro atoms. The van der Waals surface area contributed by atoms with E-state index in [-0.39, 0.29) is 11.7 Å². The molecule has 1 aromatic carbocycles. The number of pyridine rings is 2. The second-order valence-corrected chi connectivity index (χ2v) is 9.82. The Morgan fingerprint density at radius 2 is 1.84 bits per heavy atom. The summed E-state index contributed by atoms with van der Waals surface area (Å²) in [5, 5.41) is 3.08. The summed E-state index contributed by atoms with van der Waals surface area (Å²) in [7, 11) is -3.96. The molecule has 0 radical (unpaired) electrons. The minimum absolute atomic E-state index is 0.0177. The van der Waals surface area contributed by atoms with Gasteiger partial charge < -0.3 is 5.32 Å². The van der Waals surface area contributed by atoms with Crippen LogP contribution in [0.2, 0.25) is 0 Å². The van der Waals surface area contributed by atoms with Gasteiger partial charge in [0.25, 0.3) is 0 Å². The molecule has 1 N–H and O–H groups in total. The molecule has 2 aromatic heterocycles. The first-order chi connectivity index (χ1) is 15.1. The molecular formula is C21H18F3N3O3S2. The van der Waals surface area contributed by atoms with Gasteiger partial charge in [0.05, 0.1) is 27.6 Å². The van der Waals surface area contributed by atoms with Gasteiger partial charge in [-0.3, -0.25) is 9.78 Å². The van der Waals surface area contributed by atoms with Gasteiger partial charge in [0.15, 0.2) is 9.84 Å². The van der Waals surface area contributed by atoms with Crippen LogP contribution in [0.25, 0.3) is 11.3 Å². The molecule has 3 rings (SSSR count). The number of amides is 1. The van der Waals surface area contributed by atoms with Crippen LogP contribution in [0.3, 0.4) is 0 Å². The van der Waals surface area contributed by atoms with Crippen LogP contribution in [0.1, 0.15) is 12.5 Å². The molecule has 2 heterocycles. The van der Waals surface area contributed by atoms with E-state index in [1.165, 1.54) is 13.1 Å². The average molecular weight is 482 g/mol. The van der Waals surface area contributed by atoms with Crippen molar-refractivity contribution in [1.29, 1.82) is 0 Å². The van der Waals surface area contributed by atoms with Crippen molar-refractivity contribution in [1.82, 2.24) is 9.97 Å². The Balaban J connectivity index is 1.82. The highest BCUT2D eigenvalue weighted by atomic mass is 32.2. The molecule has 0 saturated heterocycles. The van der Waals surface area contributed by atoms with Crippen LogP contribution in [-0.2, 0) is 20.8 Å². The van der Waals surface area contributed by atoms with Gasteiger partial charge in [-0.1, -0.05) is 12.1 Å². The van der Waals surface area contributed by atoms with Crippen molar-refractivity contribution in [2.24, 2.45) is 0 Å². The van der Waals surface area contributed by atoms with Crippen LogP contribution in [0.5, 0.6) is 0 Å². The number of anilines is 1. The lowest BCUT2D eigenvalue weighted by molar-refractivity contribution is -0.137. The molecule has 0 unspecified atom stereocenters. The highest BCUT2D eigenvalue weighted by Crippen LogP contribution is 2.35. The molecule has 3 aromatic rings. The van der Waals surface area contributed by atoms with Crippen molar-refractivity contribution in [3.8, 4) is 11.3 Å². The maximum Gasteiger partial charge on any atom is 0.416 e. The van der Waals surface area contributed by atoms with Crippen molar-refractivity contribution < 1.29 is 26.4 Å². The third-order valence-electron chi connectivity index (χ3n) is 4.27. The smallest absolute Gasteiger partial charge is 0.323 e. The number of hydrogen-bond donors (Lipinski definition) is 1. The Labute approximate surface area is 187 Å². The number of benzene rings is 1. The first-order valence-electron chi connectivity index (χ1n) is 9.29. The summed E-state index contributed by atoms with van der Waals surface area (Å²) in [6.45, 7) is 1.34. The molecule has 0 aliphatic carbocycles. The molecule has 0 aliphatic heterocycles. The van der Waals surface area contributed by atoms with E-state index in [1.54, 1.807) is 30.5 Å². The van der Waals surface area contributed by atoms with E-state index < -0.39 is 32.2 Å². The lowest BCUT2D eigenvalue weighted by atomic mass is 10.1. The Kier molecular flexibility index (Phi) is 7.19. The predicted octanol–water partition coefficient (Wildman–Crippen LogP) is 4.69. The normalized spacial score (nSPS) is 11.9. The summed E-state index contributed by atoms with van der Waals surface area (Å²) >= 11 is 1.07. The number of halogens is 3. The van der Waals surface area contributed by atoms with E-state index in [0.29, 0.717) is 28.0 Å². The van der Waals surface area contributed by atoms with Crippen LogP contribution in [-0.4, -0.2) is 35.8 Å². The van der Waals surface area contributed by atoms with Crippen molar-refractivity contribution in [3.05, 3.63) is 66.5 Å². The predicted molar refractivity (Wildman–Crippen MR) is 116 cm³/mol. The van der Waals surface area contributed by atoms with E-state index in [9.17, 15) is 26.4 Å². The maximum absolute atomic E-state index is 12.9. The standard InChI is InChI=1S/C21H18F3N3O3S2/c1-14(28)27-19-17(18-7-2-3-9-25-18)8-10-26-20(19)31-11-12-32(29,30)16-6-4-5-15(13-16)21(22,23)24/h2-10,13H,11-12H2,1H3,(H,27,28). The third-order valence-corrected chi connectivity index (χ3v) is 7.23. The Hall–Kier alpha value is -2.92. The molecule has 0 atom stereocenters. The summed E-state index contributed by atoms with van der Waals surface area (Å²) in [4.78, 5) is 19.8. The summed E-state index contributed by atoms with van der Waals surface area (Å²) in [5.41, 5.74) is 0.570. The van der Waals surface area contributed by atoms with Crippen LogP contribution in [0.15, 0.2) is 70.8 Å². The molecule has 0 fully saturated rings. The minimum Gasteiger partial charge on any atom is -0.323 e. The number of nitrogens with zero attached hydrogens (tertiary/aromatic N) is 2. The minimum atomic E-state index is -4.64. The zero-order valence-corrected chi connectivity index (χ0v) is 18.4. The molecule has 6 nitrogen and oxygen atoms in total. The zero-order chi connectivity index (χ0) is 23.4. The van der Waals surface area contributed by atoms with E-state index in [0.717, 1.165) is 30.0 Å². The molecule has 1 amide bonds. The second-order valence-electron chi connectivity index (χ2n) is 6.63. The number of thioether (sulfide) groups is 1. The molecular weight excluding hydrogens is 463 g/mol. The monoisotopic (exact) mass is 481 g/mol. The summed E-state index contributed by atoms with van der Waals surface area (Å²) in [6, 6.07) is 10.6. The van der Waals surface area contributed by atoms with Gasteiger partial charge in [-0.2, -0.15) is 13.2 Å². The van der Waals surface area contributed by atoms with Gasteiger partial charge >= 0.3 is 6.18 Å². The van der Waals surface area contributed by atoms with Crippen molar-refractivity contribution in [2.45, 2.75) is 23.0 Å². The van der Waals surface area contributed by atoms with Crippen LogP contribution in [0.4, 0.5) is 18.9 Å². The molecule has 0 aliphatic rings. The van der Waals surface area contributed by atoms with Gasteiger partial charge in [-0.15, -0.1) is 11.8 Å². The van der Waals surface area contributed by atoms with Crippen LogP contribution in [0, 0.1) is 0 Å². The average Bonchev–Trinajstić information content (AvgIpc) is 2.74. The van der Waals surface area contributed by atoms with Crippen LogP contribution >= 0.6 is 11.8 Å². The van der Waals surface area contributed by atoms with Gasteiger partial charge in [-0.05, 0) is 36.4 Å². The number of sulfone groups is 1. The van der Waals surface area contributed by atoms with Gasteiger partial charge in [0.2, 0.25) is 5.91 Å². The summed E-state index contributed by atoms with van der Waals surface area (Å²) in [6.07, 6.45) is -1.52. The number of rotatable bonds is 7. The fraction of sp³-hybridized carbons (Fsp3) is 0.190. The lowest BCUT2D eigenvalue weighted by Gasteiger charge is -2.14. The third kappa shape index (κ3) is 5.86. The highest BCUT2D eigenvalue weighted by molar-refractivity contribution is 8.00. The van der Waals surface area contributed by atoms with Gasteiger partial charge in [-0.25, -0.2) is 13.4 Å². The molecule has 32 heavy (non-hydrogen) atoms. The highest BCUT2D eigenvalue weighted by Gasteiger charge is 2.31. The van der Waals surface area contributed by atoms with Crippen molar-refractivity contribution in [3.63, 3.8) is 0 Å². The Bertz CT molecular complexity index is 1220. The number of carbonyl (C=O) groups is 1. The number of hydrogen-bond acceptors (Lipinski definition) is 6. The van der Waals surface area contributed by atoms with Gasteiger partial charge in [0.1, 0.15) is 5.03 Å². The number of alkyl halides is 3. The molecule has 11 heteroatoms. The Morgan fingerprint density at radius 3 is 2.50 bits per heavy atom. The largest absolute Gasteiger partial charge is 0.416 e. The fourth-order valence-corrected chi connectivity index (χ4v) is 5.49. The first kappa shape index (κ1) is 23.7. The van der Waals surface area contributed by atoms with E-state index >= 15 is 0 Å².